The Hall–Kier alpha value is -1.57. The molecule has 0 aromatic rings. The van der Waals surface area contributed by atoms with E-state index in [-0.39, 0.29) is 36.4 Å². The van der Waals surface area contributed by atoms with Gasteiger partial charge in [0, 0.05) is 18.3 Å². The van der Waals surface area contributed by atoms with Crippen molar-refractivity contribution in [1.29, 1.82) is 0 Å². The van der Waals surface area contributed by atoms with Crippen molar-refractivity contribution in [2.75, 3.05) is 19.8 Å². The number of esters is 1. The minimum absolute atomic E-state index is 0.0672. The molecule has 5 fully saturated rings. The van der Waals surface area contributed by atoms with E-state index in [4.69, 9.17) is 23.7 Å². The Morgan fingerprint density at radius 2 is 1.53 bits per heavy atom. The average molecular weight is 783 g/mol. The van der Waals surface area contributed by atoms with Crippen molar-refractivity contribution >= 4 is 5.97 Å². The van der Waals surface area contributed by atoms with Crippen molar-refractivity contribution in [3.05, 3.63) is 22.8 Å². The molecule has 20 atom stereocenters. The van der Waals surface area contributed by atoms with E-state index >= 15 is 0 Å². The Morgan fingerprint density at radius 1 is 0.855 bits per heavy atom. The molecule has 0 bridgehead atoms. The summed E-state index contributed by atoms with van der Waals surface area (Å²) in [5, 5.41) is 94.0. The Balaban J connectivity index is 1.00. The summed E-state index contributed by atoms with van der Waals surface area (Å²) in [6.45, 7) is 7.30. The first-order valence-corrected chi connectivity index (χ1v) is 20.2. The summed E-state index contributed by atoms with van der Waals surface area (Å²) in [6.07, 6.45) is -8.00. The SMILES string of the molecule is CC1=C(CO)C(=O)OC([C@@H](C)C2CC[C@H]3[C@@H]4CC=C5C[C@@H](O[C@@H]6O[C@H](CO[C@@H]7O[C@H](CO)[C@@H](O)[C@H](O)[C@H]7O)[C@@H](O)[C@H](O)[C@H]6O)C[C@H](O)[C@]5(C)[C@H]4CC[C@]23C)C1. The highest BCUT2D eigenvalue weighted by Gasteiger charge is 2.62. The number of allylic oxidation sites excluding steroid dienone is 1. The Morgan fingerprint density at radius 3 is 2.20 bits per heavy atom. The molecule has 0 radical (unpaired) electrons. The lowest BCUT2D eigenvalue weighted by Gasteiger charge is -2.60. The molecule has 3 heterocycles. The lowest BCUT2D eigenvalue weighted by Crippen LogP contribution is -2.62. The molecule has 7 rings (SSSR count). The third-order valence-corrected chi connectivity index (χ3v) is 15.4. The normalized spacial score (nSPS) is 50.7. The molecule has 0 aromatic heterocycles. The minimum Gasteiger partial charge on any atom is -0.458 e. The number of carbonyl (C=O) groups is 1. The smallest absolute Gasteiger partial charge is 0.336 e. The number of aliphatic hydroxyl groups is 9. The van der Waals surface area contributed by atoms with Gasteiger partial charge in [-0.15, -0.1) is 0 Å². The molecular formula is C40H62O15. The van der Waals surface area contributed by atoms with Crippen LogP contribution < -0.4 is 0 Å². The van der Waals surface area contributed by atoms with Gasteiger partial charge >= 0.3 is 5.97 Å². The van der Waals surface area contributed by atoms with E-state index in [1.807, 2.05) is 6.92 Å². The standard InChI is InChI=1S/C40H62O15/c1-17-11-26(53-36(50)22(17)14-41)18(2)23-7-8-24-21-6-5-19-12-20(13-29(43)40(19,4)25(21)9-10-39(23,24)3)52-38-35(49)33(47)31(45)28(55-38)16-51-37-34(48)32(46)30(44)27(15-42)54-37/h5,18,20-21,23-35,37-38,41-49H,6-16H2,1-4H3/t18-,20+,21-,23?,24-,25-,26?,27+,28+,29-,30+,31+,32-,33-,34+,35+,37+,38+,39+,40-/m0/s1. The van der Waals surface area contributed by atoms with Gasteiger partial charge in [0.1, 0.15) is 54.9 Å². The molecule has 7 aliphatic rings. The fourth-order valence-electron chi connectivity index (χ4n) is 12.0. The second-order valence-electron chi connectivity index (χ2n) is 18.0. The highest BCUT2D eigenvalue weighted by molar-refractivity contribution is 5.90. The van der Waals surface area contributed by atoms with Crippen LogP contribution >= 0.6 is 0 Å². The van der Waals surface area contributed by atoms with Crippen LogP contribution in [-0.4, -0.2) is 151 Å². The number of hydrogen-bond donors (Lipinski definition) is 9. The van der Waals surface area contributed by atoms with Crippen LogP contribution in [0.15, 0.2) is 22.8 Å². The monoisotopic (exact) mass is 782 g/mol. The molecular weight excluding hydrogens is 720 g/mol. The zero-order valence-corrected chi connectivity index (χ0v) is 32.2. The number of ether oxygens (including phenoxy) is 5. The molecule has 312 valence electrons. The van der Waals surface area contributed by atoms with Crippen molar-refractivity contribution in [2.24, 2.45) is 40.4 Å². The van der Waals surface area contributed by atoms with Crippen LogP contribution in [0.2, 0.25) is 0 Å². The first kappa shape index (κ1) is 41.6. The van der Waals surface area contributed by atoms with Gasteiger partial charge in [0.05, 0.1) is 37.6 Å². The minimum atomic E-state index is -1.68. The number of carbonyl (C=O) groups excluding carboxylic acids is 1. The van der Waals surface area contributed by atoms with Gasteiger partial charge in [-0.25, -0.2) is 4.79 Å². The van der Waals surface area contributed by atoms with Crippen LogP contribution in [-0.2, 0) is 28.5 Å². The number of fused-ring (bicyclic) bond motifs is 5. The summed E-state index contributed by atoms with van der Waals surface area (Å²) < 4.78 is 29.0. The Labute approximate surface area is 321 Å². The second-order valence-corrected chi connectivity index (χ2v) is 18.0. The number of aliphatic hydroxyl groups excluding tert-OH is 9. The van der Waals surface area contributed by atoms with Crippen molar-refractivity contribution < 1.29 is 74.4 Å². The fourth-order valence-corrected chi connectivity index (χ4v) is 12.0. The second kappa shape index (κ2) is 15.9. The molecule has 0 amide bonds. The maximum atomic E-state index is 12.7. The van der Waals surface area contributed by atoms with E-state index < -0.39 is 98.2 Å². The van der Waals surface area contributed by atoms with Gasteiger partial charge in [-0.1, -0.05) is 38.0 Å². The largest absolute Gasteiger partial charge is 0.458 e. The van der Waals surface area contributed by atoms with E-state index in [2.05, 4.69) is 26.8 Å². The topological polar surface area (TPSA) is 245 Å². The maximum Gasteiger partial charge on any atom is 0.336 e. The van der Waals surface area contributed by atoms with Gasteiger partial charge in [-0.05, 0) is 80.5 Å². The van der Waals surface area contributed by atoms with E-state index in [9.17, 15) is 50.8 Å². The lowest BCUT2D eigenvalue weighted by molar-refractivity contribution is -0.337. The van der Waals surface area contributed by atoms with Gasteiger partial charge in [0.15, 0.2) is 12.6 Å². The highest BCUT2D eigenvalue weighted by atomic mass is 16.7. The quantitative estimate of drug-likeness (QED) is 0.109. The molecule has 15 nitrogen and oxygen atoms in total. The van der Waals surface area contributed by atoms with E-state index in [1.165, 1.54) is 0 Å². The molecule has 55 heavy (non-hydrogen) atoms. The zero-order valence-electron chi connectivity index (χ0n) is 32.2. The van der Waals surface area contributed by atoms with E-state index in [0.29, 0.717) is 36.2 Å². The van der Waals surface area contributed by atoms with E-state index in [1.54, 1.807) is 0 Å². The predicted octanol–water partition coefficient (Wildman–Crippen LogP) is -0.194. The molecule has 2 unspecified atom stereocenters. The lowest BCUT2D eigenvalue weighted by atomic mass is 9.46. The zero-order chi connectivity index (χ0) is 39.7. The predicted molar refractivity (Wildman–Crippen MR) is 191 cm³/mol. The van der Waals surface area contributed by atoms with Crippen LogP contribution in [0.25, 0.3) is 0 Å². The van der Waals surface area contributed by atoms with Gasteiger partial charge in [-0.3, -0.25) is 0 Å². The molecule has 3 aliphatic heterocycles. The molecule has 0 spiro atoms. The molecule has 0 aromatic carbocycles. The fraction of sp³-hybridized carbons (Fsp3) is 0.875. The van der Waals surface area contributed by atoms with Crippen molar-refractivity contribution in [3.63, 3.8) is 0 Å². The van der Waals surface area contributed by atoms with Crippen LogP contribution in [0.1, 0.15) is 79.1 Å². The highest BCUT2D eigenvalue weighted by Crippen LogP contribution is 2.67. The Kier molecular flexibility index (Phi) is 12.0. The third-order valence-electron chi connectivity index (χ3n) is 15.4. The summed E-state index contributed by atoms with van der Waals surface area (Å²) in [7, 11) is 0. The summed E-state index contributed by atoms with van der Waals surface area (Å²) in [4.78, 5) is 12.7. The number of rotatable bonds is 9. The van der Waals surface area contributed by atoms with Crippen LogP contribution in [0.4, 0.5) is 0 Å². The first-order valence-electron chi connectivity index (χ1n) is 20.2. The van der Waals surface area contributed by atoms with Gasteiger partial charge in [-0.2, -0.15) is 0 Å². The number of cyclic esters (lactones) is 1. The molecule has 15 heteroatoms. The number of hydrogen-bond acceptors (Lipinski definition) is 15. The van der Waals surface area contributed by atoms with E-state index in [0.717, 1.165) is 43.3 Å². The first-order chi connectivity index (χ1) is 26.0. The molecule has 4 aliphatic carbocycles. The van der Waals surface area contributed by atoms with Crippen LogP contribution in [0.5, 0.6) is 0 Å². The summed E-state index contributed by atoms with van der Waals surface area (Å²) in [6, 6.07) is 0. The van der Waals surface area contributed by atoms with Crippen LogP contribution in [0.3, 0.4) is 0 Å². The maximum absolute atomic E-state index is 12.7. The third kappa shape index (κ3) is 7.06. The average Bonchev–Trinajstić information content (AvgIpc) is 3.51. The Bertz CT molecular complexity index is 1470. The summed E-state index contributed by atoms with van der Waals surface area (Å²) >= 11 is 0. The molecule has 3 saturated carbocycles. The van der Waals surface area contributed by atoms with Crippen molar-refractivity contribution in [3.8, 4) is 0 Å². The summed E-state index contributed by atoms with van der Waals surface area (Å²) in [5.41, 5.74) is 1.98. The molecule has 2 saturated heterocycles. The van der Waals surface area contributed by atoms with Gasteiger partial charge in [0.2, 0.25) is 0 Å². The molecule has 9 N–H and O–H groups in total. The van der Waals surface area contributed by atoms with Gasteiger partial charge < -0.3 is 69.6 Å². The van der Waals surface area contributed by atoms with Crippen molar-refractivity contribution in [1.82, 2.24) is 0 Å². The summed E-state index contributed by atoms with van der Waals surface area (Å²) in [5.74, 6) is 1.26. The van der Waals surface area contributed by atoms with Crippen molar-refractivity contribution in [2.45, 2.75) is 159 Å². The van der Waals surface area contributed by atoms with Crippen LogP contribution in [0, 0.1) is 40.4 Å². The van der Waals surface area contributed by atoms with Gasteiger partial charge in [0.25, 0.3) is 0 Å².